The van der Waals surface area contributed by atoms with Crippen molar-refractivity contribution in [3.05, 3.63) is 78.6 Å². The molecule has 3 rings (SSSR count). The third kappa shape index (κ3) is 3.34. The number of amides is 1. The van der Waals surface area contributed by atoms with Crippen LogP contribution in [0, 0.1) is 0 Å². The first kappa shape index (κ1) is 13.1. The van der Waals surface area contributed by atoms with Crippen molar-refractivity contribution in [3.63, 3.8) is 0 Å². The molecule has 0 aliphatic heterocycles. The van der Waals surface area contributed by atoms with E-state index >= 15 is 0 Å². The van der Waals surface area contributed by atoms with E-state index in [-0.39, 0.29) is 5.91 Å². The average molecular weight is 274 g/mol. The van der Waals surface area contributed by atoms with Crippen LogP contribution in [0.5, 0.6) is 0 Å². The van der Waals surface area contributed by atoms with E-state index in [0.717, 1.165) is 22.0 Å². The summed E-state index contributed by atoms with van der Waals surface area (Å²) in [5.41, 5.74) is 1.77. The normalized spacial score (nSPS) is 10.9. The predicted octanol–water partition coefficient (Wildman–Crippen LogP) is 3.89. The minimum absolute atomic E-state index is 0.146. The lowest BCUT2D eigenvalue weighted by atomic mass is 10.1. The number of anilines is 1. The van der Waals surface area contributed by atoms with Gasteiger partial charge < -0.3 is 5.32 Å². The van der Waals surface area contributed by atoms with Gasteiger partial charge in [-0.2, -0.15) is 0 Å². The fraction of sp³-hybridized carbons (Fsp3) is 0. The van der Waals surface area contributed by atoms with Crippen molar-refractivity contribution >= 4 is 28.4 Å². The fourth-order valence-electron chi connectivity index (χ4n) is 2.08. The van der Waals surface area contributed by atoms with Crippen molar-refractivity contribution in [2.45, 2.75) is 0 Å². The van der Waals surface area contributed by atoms with Crippen LogP contribution < -0.4 is 5.32 Å². The Kier molecular flexibility index (Phi) is 3.74. The van der Waals surface area contributed by atoms with Crippen LogP contribution in [0.3, 0.4) is 0 Å². The smallest absolute Gasteiger partial charge is 0.248 e. The molecule has 3 nitrogen and oxygen atoms in total. The van der Waals surface area contributed by atoms with E-state index in [4.69, 9.17) is 0 Å². The van der Waals surface area contributed by atoms with Gasteiger partial charge in [0.2, 0.25) is 5.91 Å². The first-order chi connectivity index (χ1) is 10.3. The quantitative estimate of drug-likeness (QED) is 0.736. The largest absolute Gasteiger partial charge is 0.322 e. The summed E-state index contributed by atoms with van der Waals surface area (Å²) in [5, 5.41) is 4.96. The van der Waals surface area contributed by atoms with Crippen LogP contribution in [0.25, 0.3) is 16.8 Å². The van der Waals surface area contributed by atoms with Crippen molar-refractivity contribution in [2.75, 3.05) is 5.32 Å². The minimum Gasteiger partial charge on any atom is -0.322 e. The van der Waals surface area contributed by atoms with E-state index in [0.29, 0.717) is 0 Å². The lowest BCUT2D eigenvalue weighted by Crippen LogP contribution is -2.07. The number of carbonyl (C=O) groups excluding carboxylic acids is 1. The third-order valence-corrected chi connectivity index (χ3v) is 3.13. The van der Waals surface area contributed by atoms with Gasteiger partial charge in [0, 0.05) is 29.5 Å². The van der Waals surface area contributed by atoms with Crippen LogP contribution >= 0.6 is 0 Å². The Morgan fingerprint density at radius 1 is 1.00 bits per heavy atom. The van der Waals surface area contributed by atoms with Crippen LogP contribution in [0.4, 0.5) is 5.69 Å². The molecule has 0 aliphatic rings. The highest BCUT2D eigenvalue weighted by atomic mass is 16.1. The molecule has 0 fully saturated rings. The zero-order chi connectivity index (χ0) is 14.5. The molecule has 0 bridgehead atoms. The molecule has 3 aromatic rings. The van der Waals surface area contributed by atoms with Crippen molar-refractivity contribution in [1.29, 1.82) is 0 Å². The zero-order valence-electron chi connectivity index (χ0n) is 11.4. The number of carbonyl (C=O) groups is 1. The molecular formula is C18H14N2O. The van der Waals surface area contributed by atoms with E-state index in [2.05, 4.69) is 10.3 Å². The van der Waals surface area contributed by atoms with Crippen LogP contribution in [0.2, 0.25) is 0 Å². The SMILES string of the molecule is O=C(C=Cc1ccccc1)Nc1ccc2cnccc2c1. The second-order valence-corrected chi connectivity index (χ2v) is 4.67. The van der Waals surface area contributed by atoms with E-state index in [9.17, 15) is 4.79 Å². The Morgan fingerprint density at radius 2 is 1.86 bits per heavy atom. The zero-order valence-corrected chi connectivity index (χ0v) is 11.4. The van der Waals surface area contributed by atoms with Crippen LogP contribution in [0.15, 0.2) is 73.1 Å². The van der Waals surface area contributed by atoms with Gasteiger partial charge in [-0.25, -0.2) is 0 Å². The Hall–Kier alpha value is -2.94. The molecule has 1 heterocycles. The average Bonchev–Trinajstić information content (AvgIpc) is 2.54. The number of benzene rings is 2. The molecule has 0 aliphatic carbocycles. The first-order valence-corrected chi connectivity index (χ1v) is 6.69. The second-order valence-electron chi connectivity index (χ2n) is 4.67. The molecule has 0 unspecified atom stereocenters. The standard InChI is InChI=1S/C18H14N2O/c21-18(9-6-14-4-2-1-3-5-14)20-17-8-7-16-13-19-11-10-15(16)12-17/h1-13H,(H,20,21). The summed E-state index contributed by atoms with van der Waals surface area (Å²) in [7, 11) is 0. The van der Waals surface area contributed by atoms with Gasteiger partial charge >= 0.3 is 0 Å². The summed E-state index contributed by atoms with van der Waals surface area (Å²) in [5.74, 6) is -0.146. The summed E-state index contributed by atoms with van der Waals surface area (Å²) in [4.78, 5) is 16.0. The van der Waals surface area contributed by atoms with Gasteiger partial charge in [-0.3, -0.25) is 9.78 Å². The lowest BCUT2D eigenvalue weighted by Gasteiger charge is -2.04. The maximum absolute atomic E-state index is 11.9. The Bertz CT molecular complexity index is 794. The van der Waals surface area contributed by atoms with E-state index < -0.39 is 0 Å². The summed E-state index contributed by atoms with van der Waals surface area (Å²) in [6.07, 6.45) is 6.87. The van der Waals surface area contributed by atoms with Gasteiger partial charge in [0.25, 0.3) is 0 Å². The number of rotatable bonds is 3. The summed E-state index contributed by atoms with van der Waals surface area (Å²) < 4.78 is 0. The van der Waals surface area contributed by atoms with Crippen molar-refractivity contribution in [3.8, 4) is 0 Å². The number of hydrogen-bond donors (Lipinski definition) is 1. The highest BCUT2D eigenvalue weighted by molar-refractivity contribution is 6.03. The molecule has 0 saturated heterocycles. The topological polar surface area (TPSA) is 42.0 Å². The van der Waals surface area contributed by atoms with Crippen molar-refractivity contribution in [1.82, 2.24) is 4.98 Å². The number of nitrogens with zero attached hydrogens (tertiary/aromatic N) is 1. The number of fused-ring (bicyclic) bond motifs is 1. The summed E-state index contributed by atoms with van der Waals surface area (Å²) in [6.45, 7) is 0. The molecule has 1 amide bonds. The van der Waals surface area contributed by atoms with Gasteiger partial charge in [-0.1, -0.05) is 36.4 Å². The highest BCUT2D eigenvalue weighted by Crippen LogP contribution is 2.17. The number of pyridine rings is 1. The number of aromatic nitrogens is 1. The highest BCUT2D eigenvalue weighted by Gasteiger charge is 1.99. The summed E-state index contributed by atoms with van der Waals surface area (Å²) in [6, 6.07) is 17.4. The molecule has 0 spiro atoms. The maximum atomic E-state index is 11.9. The Balaban J connectivity index is 1.73. The molecular weight excluding hydrogens is 260 g/mol. The molecule has 3 heteroatoms. The molecule has 0 saturated carbocycles. The van der Waals surface area contributed by atoms with Gasteiger partial charge in [-0.15, -0.1) is 0 Å². The van der Waals surface area contributed by atoms with Gasteiger partial charge in [0.1, 0.15) is 0 Å². The van der Waals surface area contributed by atoms with E-state index in [1.165, 1.54) is 6.08 Å². The minimum atomic E-state index is -0.146. The van der Waals surface area contributed by atoms with Crippen molar-refractivity contribution in [2.24, 2.45) is 0 Å². The molecule has 102 valence electrons. The lowest BCUT2D eigenvalue weighted by molar-refractivity contribution is -0.111. The molecule has 1 N–H and O–H groups in total. The van der Waals surface area contributed by atoms with E-state index in [1.54, 1.807) is 18.5 Å². The molecule has 21 heavy (non-hydrogen) atoms. The Morgan fingerprint density at radius 3 is 2.71 bits per heavy atom. The third-order valence-electron chi connectivity index (χ3n) is 3.13. The van der Waals surface area contributed by atoms with Gasteiger partial charge in [0.15, 0.2) is 0 Å². The molecule has 1 aromatic heterocycles. The van der Waals surface area contributed by atoms with Crippen LogP contribution in [0.1, 0.15) is 5.56 Å². The molecule has 0 radical (unpaired) electrons. The van der Waals surface area contributed by atoms with E-state index in [1.807, 2.05) is 54.6 Å². The summed E-state index contributed by atoms with van der Waals surface area (Å²) >= 11 is 0. The van der Waals surface area contributed by atoms with Crippen LogP contribution in [-0.2, 0) is 4.79 Å². The first-order valence-electron chi connectivity index (χ1n) is 6.69. The molecule has 2 aromatic carbocycles. The fourth-order valence-corrected chi connectivity index (χ4v) is 2.08. The van der Waals surface area contributed by atoms with Crippen molar-refractivity contribution < 1.29 is 4.79 Å². The number of hydrogen-bond acceptors (Lipinski definition) is 2. The second kappa shape index (κ2) is 6.01. The van der Waals surface area contributed by atoms with Gasteiger partial charge in [0.05, 0.1) is 0 Å². The number of nitrogens with one attached hydrogen (secondary N) is 1. The Labute approximate surface area is 123 Å². The van der Waals surface area contributed by atoms with Crippen LogP contribution in [-0.4, -0.2) is 10.9 Å². The molecule has 0 atom stereocenters. The monoisotopic (exact) mass is 274 g/mol. The van der Waals surface area contributed by atoms with Gasteiger partial charge in [-0.05, 0) is 35.2 Å². The maximum Gasteiger partial charge on any atom is 0.248 e. The predicted molar refractivity (Wildman–Crippen MR) is 85.8 cm³/mol.